The number of hydrogen-bond acceptors (Lipinski definition) is 3. The zero-order valence-corrected chi connectivity index (χ0v) is 9.16. The highest BCUT2D eigenvalue weighted by Gasteiger charge is 2.41. The van der Waals surface area contributed by atoms with Gasteiger partial charge in [-0.2, -0.15) is 13.2 Å². The second kappa shape index (κ2) is 6.97. The molecule has 0 saturated heterocycles. The van der Waals surface area contributed by atoms with Gasteiger partial charge in [0.1, 0.15) is 5.92 Å². The lowest BCUT2D eigenvalue weighted by atomic mass is 10.1. The van der Waals surface area contributed by atoms with E-state index < -0.39 is 23.7 Å². The molecular formula is C8H14F3NO2S. The van der Waals surface area contributed by atoms with Crippen LogP contribution in [0.15, 0.2) is 0 Å². The van der Waals surface area contributed by atoms with Crippen molar-refractivity contribution in [3.8, 4) is 0 Å². The number of hydrogen-bond donors (Lipinski definition) is 1. The molecule has 0 amide bonds. The van der Waals surface area contributed by atoms with E-state index >= 15 is 0 Å². The smallest absolute Gasteiger partial charge is 0.393 e. The Morgan fingerprint density at radius 3 is 2.40 bits per heavy atom. The van der Waals surface area contributed by atoms with Gasteiger partial charge in [0.15, 0.2) is 0 Å². The normalized spacial score (nSPS) is 13.9. The van der Waals surface area contributed by atoms with Gasteiger partial charge in [-0.25, -0.2) is 0 Å². The van der Waals surface area contributed by atoms with Gasteiger partial charge < -0.3 is 15.2 Å². The summed E-state index contributed by atoms with van der Waals surface area (Å²) >= 11 is 4.32. The van der Waals surface area contributed by atoms with Crippen LogP contribution in [0, 0.1) is 5.92 Å². The summed E-state index contributed by atoms with van der Waals surface area (Å²) in [5.74, 6) is -1.87. The van der Waals surface area contributed by atoms with E-state index in [9.17, 15) is 13.2 Å². The third-order valence-electron chi connectivity index (χ3n) is 1.66. The highest BCUT2D eigenvalue weighted by molar-refractivity contribution is 7.80. The highest BCUT2D eigenvalue weighted by atomic mass is 32.1. The molecule has 0 aliphatic rings. The van der Waals surface area contributed by atoms with Gasteiger partial charge in [-0.05, 0) is 6.42 Å². The zero-order chi connectivity index (χ0) is 11.9. The Morgan fingerprint density at radius 2 is 2.00 bits per heavy atom. The van der Waals surface area contributed by atoms with Crippen LogP contribution in [-0.2, 0) is 9.47 Å². The summed E-state index contributed by atoms with van der Waals surface area (Å²) in [6.45, 7) is 0.120. The van der Waals surface area contributed by atoms with Gasteiger partial charge in [-0.1, -0.05) is 12.2 Å². The molecule has 1 atom stereocenters. The van der Waals surface area contributed by atoms with E-state index in [2.05, 4.69) is 12.2 Å². The predicted octanol–water partition coefficient (Wildman–Crippen LogP) is 1.50. The van der Waals surface area contributed by atoms with Crippen LogP contribution in [0.25, 0.3) is 0 Å². The van der Waals surface area contributed by atoms with Gasteiger partial charge in [0.2, 0.25) is 0 Å². The Kier molecular flexibility index (Phi) is 6.78. The lowest BCUT2D eigenvalue weighted by Crippen LogP contribution is -2.38. The van der Waals surface area contributed by atoms with Crippen molar-refractivity contribution in [1.29, 1.82) is 0 Å². The van der Waals surface area contributed by atoms with Gasteiger partial charge in [-0.3, -0.25) is 0 Å². The Balaban J connectivity index is 3.84. The number of halogens is 3. The first-order chi connectivity index (χ1) is 6.89. The van der Waals surface area contributed by atoms with Gasteiger partial charge in [0.25, 0.3) is 0 Å². The van der Waals surface area contributed by atoms with Gasteiger partial charge in [0.05, 0.1) is 11.6 Å². The summed E-state index contributed by atoms with van der Waals surface area (Å²) in [5.41, 5.74) is 4.97. The van der Waals surface area contributed by atoms with Gasteiger partial charge in [0, 0.05) is 20.3 Å². The molecule has 0 heterocycles. The largest absolute Gasteiger partial charge is 0.400 e. The molecule has 1 unspecified atom stereocenters. The molecule has 0 radical (unpaired) electrons. The fraction of sp³-hybridized carbons (Fsp3) is 0.875. The summed E-state index contributed by atoms with van der Waals surface area (Å²) in [6, 6.07) is 0. The standard InChI is InChI=1S/C8H14F3NO2S/c1-13-3-2-4-14-5-6(7(12)15)8(9,10)11/h6H,2-5H2,1H3,(H2,12,15). The van der Waals surface area contributed by atoms with Crippen LogP contribution in [0.1, 0.15) is 6.42 Å². The van der Waals surface area contributed by atoms with Crippen LogP contribution in [0.5, 0.6) is 0 Å². The first-order valence-electron chi connectivity index (χ1n) is 4.32. The minimum absolute atomic E-state index is 0.197. The zero-order valence-electron chi connectivity index (χ0n) is 8.34. The molecule has 15 heavy (non-hydrogen) atoms. The Morgan fingerprint density at radius 1 is 1.40 bits per heavy atom. The van der Waals surface area contributed by atoms with E-state index in [0.717, 1.165) is 0 Å². The van der Waals surface area contributed by atoms with E-state index in [0.29, 0.717) is 13.0 Å². The fourth-order valence-corrected chi connectivity index (χ4v) is 1.05. The maximum absolute atomic E-state index is 12.3. The quantitative estimate of drug-likeness (QED) is 0.545. The van der Waals surface area contributed by atoms with Crippen molar-refractivity contribution in [3.63, 3.8) is 0 Å². The SMILES string of the molecule is COCCCOCC(C(N)=S)C(F)(F)F. The van der Waals surface area contributed by atoms with E-state index in [1.165, 1.54) is 7.11 Å². The van der Waals surface area contributed by atoms with Crippen LogP contribution in [0.4, 0.5) is 13.2 Å². The van der Waals surface area contributed by atoms with Crippen LogP contribution < -0.4 is 5.73 Å². The van der Waals surface area contributed by atoms with Crippen molar-refractivity contribution < 1.29 is 22.6 Å². The fourth-order valence-electron chi connectivity index (χ4n) is 0.844. The van der Waals surface area contributed by atoms with E-state index in [1.807, 2.05) is 0 Å². The molecule has 7 heteroatoms. The van der Waals surface area contributed by atoms with Gasteiger partial charge >= 0.3 is 6.18 Å². The summed E-state index contributed by atoms with van der Waals surface area (Å²) in [6.07, 6.45) is -3.90. The molecule has 0 aliphatic carbocycles. The highest BCUT2D eigenvalue weighted by Crippen LogP contribution is 2.26. The topological polar surface area (TPSA) is 44.5 Å². The average Bonchev–Trinajstić information content (AvgIpc) is 2.08. The van der Waals surface area contributed by atoms with Crippen LogP contribution in [-0.4, -0.2) is 38.1 Å². The summed E-state index contributed by atoms with van der Waals surface area (Å²) in [7, 11) is 1.51. The van der Waals surface area contributed by atoms with Crippen molar-refractivity contribution in [2.45, 2.75) is 12.6 Å². The van der Waals surface area contributed by atoms with Crippen molar-refractivity contribution in [2.24, 2.45) is 11.7 Å². The van der Waals surface area contributed by atoms with Crippen molar-refractivity contribution in [1.82, 2.24) is 0 Å². The van der Waals surface area contributed by atoms with Crippen molar-refractivity contribution in [3.05, 3.63) is 0 Å². The van der Waals surface area contributed by atoms with Crippen LogP contribution >= 0.6 is 12.2 Å². The molecule has 0 saturated carbocycles. The molecule has 0 fully saturated rings. The summed E-state index contributed by atoms with van der Waals surface area (Å²) in [5, 5.41) is 0. The lowest BCUT2D eigenvalue weighted by molar-refractivity contribution is -0.167. The Labute approximate surface area is 91.7 Å². The number of rotatable bonds is 7. The van der Waals surface area contributed by atoms with E-state index in [4.69, 9.17) is 15.2 Å². The minimum atomic E-state index is -4.44. The Bertz CT molecular complexity index is 199. The lowest BCUT2D eigenvalue weighted by Gasteiger charge is -2.18. The van der Waals surface area contributed by atoms with Crippen molar-refractivity contribution in [2.75, 3.05) is 26.9 Å². The maximum atomic E-state index is 12.3. The van der Waals surface area contributed by atoms with Gasteiger partial charge in [-0.15, -0.1) is 0 Å². The van der Waals surface area contributed by atoms with Crippen LogP contribution in [0.3, 0.4) is 0 Å². The third kappa shape index (κ3) is 6.64. The third-order valence-corrected chi connectivity index (χ3v) is 1.94. The number of methoxy groups -OCH3 is 1. The monoisotopic (exact) mass is 245 g/mol. The molecule has 2 N–H and O–H groups in total. The first-order valence-corrected chi connectivity index (χ1v) is 4.73. The molecule has 0 aromatic heterocycles. The second-order valence-electron chi connectivity index (χ2n) is 2.92. The molecule has 0 aromatic carbocycles. The summed E-state index contributed by atoms with van der Waals surface area (Å²) in [4.78, 5) is -0.589. The van der Waals surface area contributed by atoms with E-state index in [-0.39, 0.29) is 6.61 Å². The molecule has 90 valence electrons. The second-order valence-corrected chi connectivity index (χ2v) is 3.39. The molecule has 3 nitrogen and oxygen atoms in total. The summed E-state index contributed by atoms with van der Waals surface area (Å²) < 4.78 is 46.4. The molecule has 0 spiro atoms. The average molecular weight is 245 g/mol. The van der Waals surface area contributed by atoms with Crippen molar-refractivity contribution >= 4 is 17.2 Å². The maximum Gasteiger partial charge on any atom is 0.400 e. The predicted molar refractivity (Wildman–Crippen MR) is 53.6 cm³/mol. The molecule has 0 aromatic rings. The number of ether oxygens (including phenoxy) is 2. The molecule has 0 rings (SSSR count). The number of alkyl halides is 3. The molecule has 0 bridgehead atoms. The molecule has 0 aliphatic heterocycles. The molecular weight excluding hydrogens is 231 g/mol. The van der Waals surface area contributed by atoms with Crippen LogP contribution in [0.2, 0.25) is 0 Å². The first kappa shape index (κ1) is 14.6. The van der Waals surface area contributed by atoms with E-state index in [1.54, 1.807) is 0 Å². The Hall–Kier alpha value is -0.400. The minimum Gasteiger partial charge on any atom is -0.393 e. The number of thiocarbonyl (C=S) groups is 1. The number of nitrogens with two attached hydrogens (primary N) is 1.